The van der Waals surface area contributed by atoms with Gasteiger partial charge in [0.05, 0.1) is 23.6 Å². The molecule has 0 aliphatic carbocycles. The van der Waals surface area contributed by atoms with Gasteiger partial charge in [0.2, 0.25) is 5.91 Å². The fourth-order valence-electron chi connectivity index (χ4n) is 5.56. The van der Waals surface area contributed by atoms with E-state index < -0.39 is 23.9 Å². The minimum Gasteiger partial charge on any atom is -0.392 e. The second-order valence-corrected chi connectivity index (χ2v) is 12.5. The summed E-state index contributed by atoms with van der Waals surface area (Å²) in [5, 5.41) is 19.4. The number of nitrogens with one attached hydrogen (secondary N) is 3. The van der Waals surface area contributed by atoms with Crippen molar-refractivity contribution < 1.29 is 19.1 Å². The standard InChI is InChI=1S/C36H39FN6O4/c1-36(2,3)23-17-22-14-16-43(34(46)32(22)28(37)18-23)30-12-7-11-26(27(30)21-44)29-20-42(5)35(47)33(41-29)40-25-10-6-9-24(19-25)39-31(45)13-8-15-38-4/h6-13,17-20,38,44H,14-16,21H2,1-5H3,(H,39,45)(H,40,41)/b13-8+. The van der Waals surface area contributed by atoms with Crippen LogP contribution in [0.15, 0.2) is 77.7 Å². The lowest BCUT2D eigenvalue weighted by Crippen LogP contribution is -2.39. The van der Waals surface area contributed by atoms with E-state index in [0.29, 0.717) is 59.0 Å². The second-order valence-electron chi connectivity index (χ2n) is 12.5. The lowest BCUT2D eigenvalue weighted by Gasteiger charge is -2.32. The summed E-state index contributed by atoms with van der Waals surface area (Å²) in [6.45, 7) is 6.44. The number of carbonyl (C=O) groups excluding carboxylic acids is 2. The summed E-state index contributed by atoms with van der Waals surface area (Å²) in [7, 11) is 3.38. The normalized spacial score (nSPS) is 13.2. The Bertz CT molecular complexity index is 1930. The lowest BCUT2D eigenvalue weighted by atomic mass is 9.83. The Balaban J connectivity index is 1.47. The van der Waals surface area contributed by atoms with Crippen molar-refractivity contribution in [1.82, 2.24) is 14.9 Å². The number of amides is 2. The maximum atomic E-state index is 15.4. The molecule has 2 heterocycles. The fraction of sp³-hybridized carbons (Fsp3) is 0.278. The second kappa shape index (κ2) is 13.7. The smallest absolute Gasteiger partial charge is 0.293 e. The molecular formula is C36H39FN6O4. The molecule has 1 aliphatic rings. The van der Waals surface area contributed by atoms with Crippen molar-refractivity contribution >= 4 is 34.7 Å². The molecule has 0 unspecified atom stereocenters. The molecule has 10 nitrogen and oxygen atoms in total. The zero-order chi connectivity index (χ0) is 33.9. The summed E-state index contributed by atoms with van der Waals surface area (Å²) in [6, 6.07) is 15.4. The molecule has 5 rings (SSSR count). The van der Waals surface area contributed by atoms with Gasteiger partial charge in [0.25, 0.3) is 11.5 Å². The van der Waals surface area contributed by atoms with Crippen molar-refractivity contribution in [2.24, 2.45) is 7.05 Å². The van der Waals surface area contributed by atoms with Crippen molar-refractivity contribution in [1.29, 1.82) is 0 Å². The van der Waals surface area contributed by atoms with Gasteiger partial charge in [0, 0.05) is 54.9 Å². The molecule has 4 aromatic rings. The SMILES string of the molecule is CNC/C=C/C(=O)Nc1cccc(Nc2nc(-c3cccc(N4CCc5cc(C(C)(C)C)cc(F)c5C4=O)c3CO)cn(C)c2=O)c1. The fourth-order valence-corrected chi connectivity index (χ4v) is 5.56. The summed E-state index contributed by atoms with van der Waals surface area (Å²) < 4.78 is 16.8. The quantitative estimate of drug-likeness (QED) is 0.189. The molecule has 47 heavy (non-hydrogen) atoms. The van der Waals surface area contributed by atoms with Crippen LogP contribution in [0.2, 0.25) is 0 Å². The highest BCUT2D eigenvalue weighted by atomic mass is 19.1. The number of aliphatic hydroxyl groups is 1. The third-order valence-corrected chi connectivity index (χ3v) is 8.03. The first-order valence-corrected chi connectivity index (χ1v) is 15.4. The Morgan fingerprint density at radius 2 is 1.83 bits per heavy atom. The van der Waals surface area contributed by atoms with Gasteiger partial charge in [-0.05, 0) is 60.3 Å². The third kappa shape index (κ3) is 7.16. The van der Waals surface area contributed by atoms with Crippen LogP contribution in [0.3, 0.4) is 0 Å². The number of likely N-dealkylation sites (N-methyl/N-ethyl adjacent to an activating group) is 1. The monoisotopic (exact) mass is 638 g/mol. The summed E-state index contributed by atoms with van der Waals surface area (Å²) in [5.74, 6) is -1.31. The Morgan fingerprint density at radius 1 is 1.09 bits per heavy atom. The van der Waals surface area contributed by atoms with Crippen LogP contribution >= 0.6 is 0 Å². The summed E-state index contributed by atoms with van der Waals surface area (Å²) in [5.41, 5.74) is 3.67. The van der Waals surface area contributed by atoms with Crippen LogP contribution in [-0.2, 0) is 30.3 Å². The van der Waals surface area contributed by atoms with Crippen LogP contribution in [0.25, 0.3) is 11.3 Å². The van der Waals surface area contributed by atoms with Crippen LogP contribution in [0, 0.1) is 5.82 Å². The number of anilines is 4. The number of aromatic nitrogens is 2. The number of hydrogen-bond donors (Lipinski definition) is 4. The molecule has 1 aromatic heterocycles. The molecule has 2 amide bonds. The molecule has 3 aromatic carbocycles. The van der Waals surface area contributed by atoms with E-state index in [1.54, 1.807) is 68.8 Å². The molecule has 0 spiro atoms. The van der Waals surface area contributed by atoms with Crippen molar-refractivity contribution in [2.45, 2.75) is 39.2 Å². The Labute approximate surface area is 273 Å². The maximum Gasteiger partial charge on any atom is 0.293 e. The lowest BCUT2D eigenvalue weighted by molar-refractivity contribution is -0.111. The van der Waals surface area contributed by atoms with Crippen molar-refractivity contribution in [3.05, 3.63) is 111 Å². The number of rotatable bonds is 9. The van der Waals surface area contributed by atoms with Gasteiger partial charge in [0.1, 0.15) is 5.82 Å². The zero-order valence-electron chi connectivity index (χ0n) is 27.1. The van der Waals surface area contributed by atoms with Gasteiger partial charge in [-0.2, -0.15) is 0 Å². The molecule has 0 fully saturated rings. The van der Waals surface area contributed by atoms with Gasteiger partial charge < -0.3 is 30.5 Å². The highest BCUT2D eigenvalue weighted by molar-refractivity contribution is 6.09. The van der Waals surface area contributed by atoms with Gasteiger partial charge in [-0.25, -0.2) is 9.37 Å². The number of aryl methyl sites for hydroxylation is 1. The zero-order valence-corrected chi connectivity index (χ0v) is 27.1. The number of nitrogens with zero attached hydrogens (tertiary/aromatic N) is 3. The van der Waals surface area contributed by atoms with E-state index in [1.807, 2.05) is 26.8 Å². The number of halogens is 1. The topological polar surface area (TPSA) is 129 Å². The maximum absolute atomic E-state index is 15.4. The van der Waals surface area contributed by atoms with E-state index in [9.17, 15) is 19.5 Å². The number of aliphatic hydroxyl groups excluding tert-OH is 1. The van der Waals surface area contributed by atoms with Gasteiger partial charge in [0.15, 0.2) is 5.82 Å². The first-order valence-electron chi connectivity index (χ1n) is 15.4. The average Bonchev–Trinajstić information content (AvgIpc) is 3.02. The molecule has 11 heteroatoms. The first-order chi connectivity index (χ1) is 22.4. The average molecular weight is 639 g/mol. The molecule has 0 bridgehead atoms. The largest absolute Gasteiger partial charge is 0.392 e. The molecular weight excluding hydrogens is 599 g/mol. The molecule has 4 N–H and O–H groups in total. The van der Waals surface area contributed by atoms with Gasteiger partial charge in [-0.3, -0.25) is 14.4 Å². The summed E-state index contributed by atoms with van der Waals surface area (Å²) >= 11 is 0. The summed E-state index contributed by atoms with van der Waals surface area (Å²) in [4.78, 5) is 45.2. The van der Waals surface area contributed by atoms with E-state index in [-0.39, 0.29) is 22.7 Å². The third-order valence-electron chi connectivity index (χ3n) is 8.03. The minimum absolute atomic E-state index is 0.0244. The van der Waals surface area contributed by atoms with E-state index in [0.717, 1.165) is 5.56 Å². The number of carbonyl (C=O) groups is 2. The van der Waals surface area contributed by atoms with Crippen molar-refractivity contribution in [3.8, 4) is 11.3 Å². The predicted molar refractivity (Wildman–Crippen MR) is 183 cm³/mol. The molecule has 244 valence electrons. The minimum atomic E-state index is -0.562. The molecule has 1 aliphatic heterocycles. The Hall–Kier alpha value is -5.13. The van der Waals surface area contributed by atoms with Crippen LogP contribution in [0.5, 0.6) is 0 Å². The number of hydrogen-bond acceptors (Lipinski definition) is 7. The predicted octanol–water partition coefficient (Wildman–Crippen LogP) is 5.04. The Kier molecular flexibility index (Phi) is 9.69. The van der Waals surface area contributed by atoms with E-state index in [4.69, 9.17) is 0 Å². The summed E-state index contributed by atoms with van der Waals surface area (Å²) in [6.07, 6.45) is 5.14. The van der Waals surface area contributed by atoms with Crippen LogP contribution in [0.4, 0.5) is 27.3 Å². The van der Waals surface area contributed by atoms with Crippen molar-refractivity contribution in [3.63, 3.8) is 0 Å². The highest BCUT2D eigenvalue weighted by Gasteiger charge is 2.32. The highest BCUT2D eigenvalue weighted by Crippen LogP contribution is 2.36. The Morgan fingerprint density at radius 3 is 2.55 bits per heavy atom. The van der Waals surface area contributed by atoms with Crippen molar-refractivity contribution in [2.75, 3.05) is 35.7 Å². The van der Waals surface area contributed by atoms with E-state index in [1.165, 1.54) is 21.6 Å². The molecule has 0 saturated heterocycles. The molecule has 0 radical (unpaired) electrons. The van der Waals surface area contributed by atoms with Crippen LogP contribution in [-0.4, -0.2) is 46.6 Å². The molecule has 0 saturated carbocycles. The van der Waals surface area contributed by atoms with E-state index in [2.05, 4.69) is 20.9 Å². The number of benzene rings is 3. The van der Waals surface area contributed by atoms with Crippen LogP contribution in [0.1, 0.15) is 47.8 Å². The first kappa shape index (κ1) is 33.2. The number of fused-ring (bicyclic) bond motifs is 1. The van der Waals surface area contributed by atoms with Gasteiger partial charge >= 0.3 is 0 Å². The van der Waals surface area contributed by atoms with E-state index >= 15 is 4.39 Å². The van der Waals surface area contributed by atoms with Gasteiger partial charge in [-0.15, -0.1) is 0 Å². The van der Waals surface area contributed by atoms with Gasteiger partial charge in [-0.1, -0.05) is 51.1 Å². The molecule has 0 atom stereocenters. The van der Waals surface area contributed by atoms with Crippen LogP contribution < -0.4 is 26.4 Å².